The van der Waals surface area contributed by atoms with Crippen molar-refractivity contribution in [3.05, 3.63) is 0 Å². The Labute approximate surface area is 108 Å². The molecular weight excluding hydrogens is 236 g/mol. The number of amidine groups is 1. The van der Waals surface area contributed by atoms with Crippen LogP contribution in [0.4, 0.5) is 0 Å². The Balaban J connectivity index is 2.52. The second-order valence-electron chi connectivity index (χ2n) is 4.78. The van der Waals surface area contributed by atoms with Gasteiger partial charge in [-0.1, -0.05) is 12.2 Å². The Bertz CT molecular complexity index is 331. The fourth-order valence-corrected chi connectivity index (χ4v) is 2.31. The van der Waals surface area contributed by atoms with Crippen LogP contribution in [0.3, 0.4) is 0 Å². The summed E-state index contributed by atoms with van der Waals surface area (Å²) in [6, 6.07) is 0. The number of carbonyl (C=O) groups is 1. The van der Waals surface area contributed by atoms with E-state index < -0.39 is 5.97 Å². The molecule has 1 aliphatic rings. The van der Waals surface area contributed by atoms with Crippen molar-refractivity contribution in [1.29, 1.82) is 0 Å². The highest BCUT2D eigenvalue weighted by molar-refractivity contribution is 7.80. The highest BCUT2D eigenvalue weighted by Gasteiger charge is 2.27. The highest BCUT2D eigenvalue weighted by atomic mass is 32.1. The first-order valence-corrected chi connectivity index (χ1v) is 6.32. The lowest BCUT2D eigenvalue weighted by molar-refractivity contribution is -0.142. The largest absolute Gasteiger partial charge is 0.481 e. The molecule has 0 atom stereocenters. The zero-order valence-corrected chi connectivity index (χ0v) is 11.5. The number of nitrogens with zero attached hydrogens (tertiary/aromatic N) is 2. The van der Waals surface area contributed by atoms with Crippen molar-refractivity contribution in [3.63, 3.8) is 0 Å². The van der Waals surface area contributed by atoms with E-state index in [1.807, 2.05) is 25.9 Å². The number of rotatable bonds is 2. The van der Waals surface area contributed by atoms with Gasteiger partial charge < -0.3 is 10.0 Å². The van der Waals surface area contributed by atoms with E-state index in [0.29, 0.717) is 0 Å². The van der Waals surface area contributed by atoms with Gasteiger partial charge in [0.15, 0.2) is 0 Å². The van der Waals surface area contributed by atoms with E-state index in [1.54, 1.807) is 0 Å². The van der Waals surface area contributed by atoms with Gasteiger partial charge >= 0.3 is 5.97 Å². The number of aliphatic imine (C=N–C) groups is 1. The minimum absolute atomic E-state index is 0.187. The van der Waals surface area contributed by atoms with Crippen LogP contribution >= 0.6 is 12.2 Å². The van der Waals surface area contributed by atoms with Crippen LogP contribution in [0.15, 0.2) is 4.99 Å². The lowest BCUT2D eigenvalue weighted by Gasteiger charge is -2.25. The van der Waals surface area contributed by atoms with E-state index >= 15 is 0 Å². The van der Waals surface area contributed by atoms with E-state index in [4.69, 9.17) is 17.3 Å². The first kappa shape index (κ1) is 14.1. The van der Waals surface area contributed by atoms with Gasteiger partial charge in [0.05, 0.1) is 5.92 Å². The number of carboxylic acid groups (broad SMARTS) is 1. The highest BCUT2D eigenvalue weighted by Crippen LogP contribution is 2.30. The van der Waals surface area contributed by atoms with Crippen LogP contribution in [0.5, 0.6) is 0 Å². The molecule has 0 radical (unpaired) electrons. The maximum Gasteiger partial charge on any atom is 0.306 e. The monoisotopic (exact) mass is 256 g/mol. The minimum Gasteiger partial charge on any atom is -0.481 e. The molecule has 0 unspecified atom stereocenters. The van der Waals surface area contributed by atoms with Gasteiger partial charge in [0, 0.05) is 20.0 Å². The van der Waals surface area contributed by atoms with Crippen LogP contribution in [0, 0.1) is 11.8 Å². The average molecular weight is 256 g/mol. The Morgan fingerprint density at radius 3 is 2.12 bits per heavy atom. The third-order valence-electron chi connectivity index (χ3n) is 3.34. The van der Waals surface area contributed by atoms with Crippen molar-refractivity contribution in [2.45, 2.75) is 32.6 Å². The summed E-state index contributed by atoms with van der Waals surface area (Å²) in [7, 11) is 3.87. The lowest BCUT2D eigenvalue weighted by atomic mass is 9.82. The summed E-state index contributed by atoms with van der Waals surface area (Å²) >= 11 is 5.31. The zero-order chi connectivity index (χ0) is 13.0. The summed E-state index contributed by atoms with van der Waals surface area (Å²) in [5.74, 6) is 0.307. The van der Waals surface area contributed by atoms with Gasteiger partial charge in [-0.25, -0.2) is 4.99 Å². The Morgan fingerprint density at radius 2 is 1.71 bits per heavy atom. The number of thiocarbonyl (C=S) groups is 1. The molecule has 0 spiro atoms. The standard InChI is InChI=1S/C12H20N2O2S/c1-8(14(2)3)13-11(17)9-4-6-10(7-5-9)12(15)16/h9-10H,4-7H2,1-3H3,(H,15,16). The second kappa shape index (κ2) is 6.10. The average Bonchev–Trinajstić information content (AvgIpc) is 2.28. The molecule has 4 nitrogen and oxygen atoms in total. The Kier molecular flexibility index (Phi) is 5.05. The molecule has 0 saturated heterocycles. The molecule has 0 heterocycles. The third-order valence-corrected chi connectivity index (χ3v) is 3.77. The van der Waals surface area contributed by atoms with Crippen LogP contribution in [0.2, 0.25) is 0 Å². The van der Waals surface area contributed by atoms with Crippen LogP contribution in [-0.4, -0.2) is 40.9 Å². The second-order valence-corrected chi connectivity index (χ2v) is 5.20. The summed E-state index contributed by atoms with van der Waals surface area (Å²) < 4.78 is 0. The molecule has 1 fully saturated rings. The summed E-state index contributed by atoms with van der Waals surface area (Å²) in [4.78, 5) is 17.9. The molecule has 0 amide bonds. The van der Waals surface area contributed by atoms with E-state index in [1.165, 1.54) is 0 Å². The molecule has 1 rings (SSSR count). The zero-order valence-electron chi connectivity index (χ0n) is 10.6. The van der Waals surface area contributed by atoms with Crippen LogP contribution < -0.4 is 0 Å². The Morgan fingerprint density at radius 1 is 1.24 bits per heavy atom. The van der Waals surface area contributed by atoms with Gasteiger partial charge in [-0.05, 0) is 32.6 Å². The smallest absolute Gasteiger partial charge is 0.306 e. The topological polar surface area (TPSA) is 52.9 Å². The summed E-state index contributed by atoms with van der Waals surface area (Å²) in [5, 5.41) is 8.91. The summed E-state index contributed by atoms with van der Waals surface area (Å²) in [5.41, 5.74) is 0. The first-order chi connectivity index (χ1) is 7.91. The molecule has 5 heteroatoms. The molecule has 0 aromatic carbocycles. The fraction of sp³-hybridized carbons (Fsp3) is 0.750. The van der Waals surface area contributed by atoms with Gasteiger partial charge in [0.25, 0.3) is 0 Å². The van der Waals surface area contributed by atoms with Crippen molar-refractivity contribution in [1.82, 2.24) is 4.90 Å². The molecule has 0 aromatic rings. The molecule has 1 saturated carbocycles. The number of hydrogen-bond acceptors (Lipinski definition) is 2. The normalized spacial score (nSPS) is 25.5. The molecule has 0 aromatic heterocycles. The van der Waals surface area contributed by atoms with Gasteiger partial charge in [-0.3, -0.25) is 4.79 Å². The quantitative estimate of drug-likeness (QED) is 0.467. The first-order valence-electron chi connectivity index (χ1n) is 5.91. The van der Waals surface area contributed by atoms with Crippen molar-refractivity contribution in [2.24, 2.45) is 16.8 Å². The molecule has 17 heavy (non-hydrogen) atoms. The maximum absolute atomic E-state index is 10.8. The predicted octanol–water partition coefficient (Wildman–Crippen LogP) is 2.18. The lowest BCUT2D eigenvalue weighted by Crippen LogP contribution is -2.26. The van der Waals surface area contributed by atoms with Crippen LogP contribution in [0.1, 0.15) is 32.6 Å². The van der Waals surface area contributed by atoms with E-state index in [9.17, 15) is 4.79 Å². The van der Waals surface area contributed by atoms with Crippen molar-refractivity contribution in [2.75, 3.05) is 14.1 Å². The van der Waals surface area contributed by atoms with Gasteiger partial charge in [0.2, 0.25) is 0 Å². The Hall–Kier alpha value is -0.970. The van der Waals surface area contributed by atoms with Crippen molar-refractivity contribution in [3.8, 4) is 0 Å². The van der Waals surface area contributed by atoms with Gasteiger partial charge in [-0.2, -0.15) is 0 Å². The number of carboxylic acids is 1. The molecule has 1 aliphatic carbocycles. The fourth-order valence-electron chi connectivity index (χ4n) is 1.94. The van der Waals surface area contributed by atoms with Crippen molar-refractivity contribution >= 4 is 29.0 Å². The maximum atomic E-state index is 10.8. The summed E-state index contributed by atoms with van der Waals surface area (Å²) in [6.45, 7) is 1.93. The molecule has 1 N–H and O–H groups in total. The number of hydrogen-bond donors (Lipinski definition) is 1. The third kappa shape index (κ3) is 4.07. The van der Waals surface area contributed by atoms with E-state index in [-0.39, 0.29) is 11.8 Å². The van der Waals surface area contributed by atoms with Gasteiger partial charge in [-0.15, -0.1) is 0 Å². The molecule has 96 valence electrons. The van der Waals surface area contributed by atoms with Gasteiger partial charge in [0.1, 0.15) is 10.8 Å². The van der Waals surface area contributed by atoms with Crippen LogP contribution in [-0.2, 0) is 4.79 Å². The predicted molar refractivity (Wildman–Crippen MR) is 72.5 cm³/mol. The van der Waals surface area contributed by atoms with Crippen LogP contribution in [0.25, 0.3) is 0 Å². The summed E-state index contributed by atoms with van der Waals surface area (Å²) in [6.07, 6.45) is 3.13. The molecule has 0 bridgehead atoms. The minimum atomic E-state index is -0.678. The molecular formula is C12H20N2O2S. The number of aliphatic carboxylic acids is 1. The SMILES string of the molecule is CC(=NC(=S)C1CCC(C(=O)O)CC1)N(C)C. The van der Waals surface area contributed by atoms with E-state index in [0.717, 1.165) is 36.5 Å². The van der Waals surface area contributed by atoms with E-state index in [2.05, 4.69) is 4.99 Å². The molecule has 0 aliphatic heterocycles. The van der Waals surface area contributed by atoms with Crippen molar-refractivity contribution < 1.29 is 9.90 Å².